The number of carbonyl (C=O) groups excluding carboxylic acids is 1. The second-order valence-electron chi connectivity index (χ2n) is 7.56. The Labute approximate surface area is 187 Å². The van der Waals surface area contributed by atoms with Crippen LogP contribution in [0.25, 0.3) is 10.2 Å². The largest absolute Gasteiger partial charge is 0.416 e. The minimum Gasteiger partial charge on any atom is -0.337 e. The lowest BCUT2D eigenvalue weighted by Crippen LogP contribution is -2.32. The van der Waals surface area contributed by atoms with Crippen molar-refractivity contribution in [3.05, 3.63) is 77.4 Å². The number of aromatic nitrogens is 3. The van der Waals surface area contributed by atoms with E-state index in [0.717, 1.165) is 33.5 Å². The Hall–Kier alpha value is -3.20. The van der Waals surface area contributed by atoms with Crippen molar-refractivity contribution in [1.82, 2.24) is 14.5 Å². The standard InChI is InChI=1S/C23H21F3N4OS/c1-15-7-8-16(2)20-19(15)28-22(32-20)30(11-4-10-29-12-9-27-14-29)21(31)17-5-3-6-18(13-17)23(24,25)26/h3,5-9,12-14H,4,10-11H2,1-2H3. The van der Waals surface area contributed by atoms with Crippen LogP contribution in [0.3, 0.4) is 0 Å². The Morgan fingerprint density at radius 1 is 1.16 bits per heavy atom. The van der Waals surface area contributed by atoms with Gasteiger partial charge in [0.25, 0.3) is 5.91 Å². The topological polar surface area (TPSA) is 51.0 Å². The average Bonchev–Trinajstić information content (AvgIpc) is 3.44. The summed E-state index contributed by atoms with van der Waals surface area (Å²) in [5.74, 6) is -0.504. The van der Waals surface area contributed by atoms with Crippen molar-refractivity contribution < 1.29 is 18.0 Å². The van der Waals surface area contributed by atoms with E-state index in [1.807, 2.05) is 36.7 Å². The lowest BCUT2D eigenvalue weighted by molar-refractivity contribution is -0.137. The highest BCUT2D eigenvalue weighted by molar-refractivity contribution is 7.22. The van der Waals surface area contributed by atoms with Crippen LogP contribution in [0.4, 0.5) is 18.3 Å². The summed E-state index contributed by atoms with van der Waals surface area (Å²) in [7, 11) is 0. The zero-order valence-corrected chi connectivity index (χ0v) is 18.4. The molecular formula is C23H21F3N4OS. The molecule has 0 aliphatic heterocycles. The maximum atomic E-state index is 13.4. The second kappa shape index (κ2) is 8.74. The normalized spacial score (nSPS) is 11.8. The summed E-state index contributed by atoms with van der Waals surface area (Å²) in [5.41, 5.74) is 1.96. The van der Waals surface area contributed by atoms with Crippen molar-refractivity contribution in [1.29, 1.82) is 0 Å². The maximum Gasteiger partial charge on any atom is 0.416 e. The SMILES string of the molecule is Cc1ccc(C)c2sc(N(CCCn3ccnc3)C(=O)c3cccc(C(F)(F)F)c3)nc12. The van der Waals surface area contributed by atoms with Crippen LogP contribution < -0.4 is 4.90 Å². The minimum absolute atomic E-state index is 0.0184. The number of thiazole rings is 1. The van der Waals surface area contributed by atoms with Crippen LogP contribution in [0.15, 0.2) is 55.1 Å². The first-order valence-electron chi connectivity index (χ1n) is 10.1. The molecule has 0 unspecified atom stereocenters. The van der Waals surface area contributed by atoms with Gasteiger partial charge in [0.2, 0.25) is 0 Å². The first-order chi connectivity index (χ1) is 15.2. The minimum atomic E-state index is -4.52. The number of hydrogen-bond acceptors (Lipinski definition) is 4. The first-order valence-corrected chi connectivity index (χ1v) is 10.9. The number of halogens is 3. The summed E-state index contributed by atoms with van der Waals surface area (Å²) in [6.07, 6.45) is 1.25. The van der Waals surface area contributed by atoms with E-state index in [1.165, 1.54) is 28.4 Å². The molecule has 1 amide bonds. The number of nitrogens with zero attached hydrogens (tertiary/aromatic N) is 4. The lowest BCUT2D eigenvalue weighted by Gasteiger charge is -2.20. The van der Waals surface area contributed by atoms with Gasteiger partial charge in [-0.1, -0.05) is 29.5 Å². The van der Waals surface area contributed by atoms with Crippen LogP contribution in [0.5, 0.6) is 0 Å². The smallest absolute Gasteiger partial charge is 0.337 e. The van der Waals surface area contributed by atoms with Gasteiger partial charge in [-0.25, -0.2) is 9.97 Å². The third-order valence-electron chi connectivity index (χ3n) is 5.20. The number of fused-ring (bicyclic) bond motifs is 1. The first kappa shape index (κ1) is 22.0. The Morgan fingerprint density at radius 3 is 2.62 bits per heavy atom. The molecule has 4 aromatic rings. The fourth-order valence-corrected chi connectivity index (χ4v) is 4.60. The van der Waals surface area contributed by atoms with Crippen LogP contribution in [0.2, 0.25) is 0 Å². The Kier molecular flexibility index (Phi) is 6.01. The molecule has 0 bridgehead atoms. The van der Waals surface area contributed by atoms with Gasteiger partial charge in [0.1, 0.15) is 0 Å². The Balaban J connectivity index is 1.70. The van der Waals surface area contributed by atoms with Gasteiger partial charge in [-0.15, -0.1) is 0 Å². The van der Waals surface area contributed by atoms with Gasteiger partial charge in [0.15, 0.2) is 5.13 Å². The fraction of sp³-hybridized carbons (Fsp3) is 0.261. The molecule has 0 saturated heterocycles. The zero-order chi connectivity index (χ0) is 22.9. The average molecular weight is 459 g/mol. The number of carbonyl (C=O) groups is 1. The molecule has 32 heavy (non-hydrogen) atoms. The van der Waals surface area contributed by atoms with Gasteiger partial charge >= 0.3 is 6.18 Å². The number of alkyl halides is 3. The Morgan fingerprint density at radius 2 is 1.94 bits per heavy atom. The van der Waals surface area contributed by atoms with Crippen molar-refractivity contribution in [2.45, 2.75) is 33.0 Å². The molecule has 0 radical (unpaired) electrons. The van der Waals surface area contributed by atoms with E-state index in [2.05, 4.69) is 9.97 Å². The quantitative estimate of drug-likeness (QED) is 0.363. The zero-order valence-electron chi connectivity index (χ0n) is 17.6. The van der Waals surface area contributed by atoms with Gasteiger partial charge < -0.3 is 4.57 Å². The summed E-state index contributed by atoms with van der Waals surface area (Å²) in [6, 6.07) is 8.49. The molecule has 4 rings (SSSR count). The summed E-state index contributed by atoms with van der Waals surface area (Å²) in [5, 5.41) is 0.477. The summed E-state index contributed by atoms with van der Waals surface area (Å²) >= 11 is 1.38. The van der Waals surface area contributed by atoms with Gasteiger partial charge in [0.05, 0.1) is 22.1 Å². The number of benzene rings is 2. The summed E-state index contributed by atoms with van der Waals surface area (Å²) in [4.78, 5) is 23.5. The van der Waals surface area contributed by atoms with E-state index in [9.17, 15) is 18.0 Å². The predicted octanol–water partition coefficient (Wildman–Crippen LogP) is 5.87. The molecule has 9 heteroatoms. The van der Waals surface area contributed by atoms with E-state index < -0.39 is 17.6 Å². The van der Waals surface area contributed by atoms with E-state index in [0.29, 0.717) is 24.6 Å². The molecule has 0 aliphatic rings. The van der Waals surface area contributed by atoms with Crippen LogP contribution in [0, 0.1) is 13.8 Å². The number of rotatable bonds is 6. The number of imidazole rings is 1. The molecule has 0 atom stereocenters. The highest BCUT2D eigenvalue weighted by Gasteiger charge is 2.32. The number of amides is 1. The van der Waals surface area contributed by atoms with Crippen LogP contribution >= 0.6 is 11.3 Å². The van der Waals surface area contributed by atoms with E-state index in [-0.39, 0.29) is 5.56 Å². The van der Waals surface area contributed by atoms with E-state index >= 15 is 0 Å². The van der Waals surface area contributed by atoms with Crippen LogP contribution in [-0.2, 0) is 12.7 Å². The highest BCUT2D eigenvalue weighted by Crippen LogP contribution is 2.34. The molecule has 2 heterocycles. The van der Waals surface area contributed by atoms with Crippen LogP contribution in [0.1, 0.15) is 33.5 Å². The van der Waals surface area contributed by atoms with E-state index in [1.54, 1.807) is 12.5 Å². The molecule has 0 saturated carbocycles. The third kappa shape index (κ3) is 4.52. The highest BCUT2D eigenvalue weighted by atomic mass is 32.1. The van der Waals surface area contributed by atoms with Gasteiger partial charge in [-0.2, -0.15) is 13.2 Å². The Bertz CT molecular complexity index is 1210. The van der Waals surface area contributed by atoms with E-state index in [4.69, 9.17) is 0 Å². The molecule has 0 spiro atoms. The summed E-state index contributed by atoms with van der Waals surface area (Å²) in [6.45, 7) is 4.85. The van der Waals surface area contributed by atoms with Crippen molar-refractivity contribution in [3.8, 4) is 0 Å². The van der Waals surface area contributed by atoms with Crippen LogP contribution in [-0.4, -0.2) is 27.0 Å². The molecule has 2 aromatic heterocycles. The van der Waals surface area contributed by atoms with Crippen molar-refractivity contribution in [2.75, 3.05) is 11.4 Å². The van der Waals surface area contributed by atoms with Crippen molar-refractivity contribution in [3.63, 3.8) is 0 Å². The summed E-state index contributed by atoms with van der Waals surface area (Å²) < 4.78 is 42.5. The monoisotopic (exact) mass is 458 g/mol. The van der Waals surface area contributed by atoms with Crippen molar-refractivity contribution >= 4 is 32.6 Å². The maximum absolute atomic E-state index is 13.4. The molecule has 2 aromatic carbocycles. The van der Waals surface area contributed by atoms with Gasteiger partial charge in [0, 0.05) is 31.0 Å². The van der Waals surface area contributed by atoms with Gasteiger partial charge in [-0.3, -0.25) is 9.69 Å². The third-order valence-corrected chi connectivity index (χ3v) is 6.41. The van der Waals surface area contributed by atoms with Crippen molar-refractivity contribution in [2.24, 2.45) is 0 Å². The molecular weight excluding hydrogens is 437 g/mol. The molecule has 0 N–H and O–H groups in total. The molecule has 166 valence electrons. The predicted molar refractivity (Wildman–Crippen MR) is 119 cm³/mol. The second-order valence-corrected chi connectivity index (χ2v) is 8.54. The number of anilines is 1. The molecule has 5 nitrogen and oxygen atoms in total. The fourth-order valence-electron chi connectivity index (χ4n) is 3.46. The lowest BCUT2D eigenvalue weighted by atomic mass is 10.1. The number of hydrogen-bond donors (Lipinski definition) is 0. The van der Waals surface area contributed by atoms with Gasteiger partial charge in [-0.05, 0) is 49.6 Å². The molecule has 0 aliphatic carbocycles. The molecule has 0 fully saturated rings. The number of aryl methyl sites for hydroxylation is 3.